The lowest BCUT2D eigenvalue weighted by atomic mass is 10.0. The summed E-state index contributed by atoms with van der Waals surface area (Å²) in [4.78, 5) is 0. The quantitative estimate of drug-likeness (QED) is 0.731. The van der Waals surface area contributed by atoms with Gasteiger partial charge in [0.05, 0.1) is 13.2 Å². The molecule has 1 atom stereocenters. The first-order valence-electron chi connectivity index (χ1n) is 7.30. The largest absolute Gasteiger partial charge is 0.507 e. The van der Waals surface area contributed by atoms with Crippen molar-refractivity contribution in [2.45, 2.75) is 13.0 Å². The highest BCUT2D eigenvalue weighted by atomic mass is 16.5. The molecular weight excluding hydrogens is 274 g/mol. The predicted molar refractivity (Wildman–Crippen MR) is 90.6 cm³/mol. The zero-order valence-electron chi connectivity index (χ0n) is 12.7. The third-order valence-electron chi connectivity index (χ3n) is 3.87. The van der Waals surface area contributed by atoms with Crippen molar-refractivity contribution in [2.24, 2.45) is 0 Å². The van der Waals surface area contributed by atoms with Crippen LogP contribution >= 0.6 is 0 Å². The average Bonchev–Trinajstić information content (AvgIpc) is 2.56. The van der Waals surface area contributed by atoms with Gasteiger partial charge in [-0.3, -0.25) is 0 Å². The van der Waals surface area contributed by atoms with Gasteiger partial charge in [-0.25, -0.2) is 0 Å². The van der Waals surface area contributed by atoms with E-state index in [-0.39, 0.29) is 6.04 Å². The zero-order chi connectivity index (χ0) is 15.5. The zero-order valence-corrected chi connectivity index (χ0v) is 12.7. The number of phenols is 1. The van der Waals surface area contributed by atoms with E-state index in [1.165, 1.54) is 0 Å². The molecule has 0 aliphatic heterocycles. The number of hydrogen-bond acceptors (Lipinski definition) is 3. The summed E-state index contributed by atoms with van der Waals surface area (Å²) in [6.45, 7) is 2.04. The van der Waals surface area contributed by atoms with E-state index in [2.05, 4.69) is 5.32 Å². The number of benzene rings is 3. The standard InChI is InChI=1S/C19H19NO2/c1-13(20-15-8-10-16(22-2)11-9-15)17-12-7-14-5-3-4-6-18(14)19(17)21/h3-13,20-21H,1-2H3. The molecule has 22 heavy (non-hydrogen) atoms. The Morgan fingerprint density at radius 1 is 0.955 bits per heavy atom. The van der Waals surface area contributed by atoms with E-state index in [0.29, 0.717) is 5.75 Å². The maximum atomic E-state index is 10.5. The fourth-order valence-electron chi connectivity index (χ4n) is 2.64. The monoisotopic (exact) mass is 293 g/mol. The van der Waals surface area contributed by atoms with Crippen molar-refractivity contribution in [3.05, 3.63) is 66.2 Å². The molecule has 0 radical (unpaired) electrons. The Balaban J connectivity index is 1.88. The van der Waals surface area contributed by atoms with Crippen LogP contribution in [0.2, 0.25) is 0 Å². The third-order valence-corrected chi connectivity index (χ3v) is 3.87. The van der Waals surface area contributed by atoms with Gasteiger partial charge in [0.1, 0.15) is 11.5 Å². The minimum Gasteiger partial charge on any atom is -0.507 e. The summed E-state index contributed by atoms with van der Waals surface area (Å²) in [7, 11) is 1.65. The van der Waals surface area contributed by atoms with Crippen LogP contribution < -0.4 is 10.1 Å². The van der Waals surface area contributed by atoms with Crippen LogP contribution in [0.15, 0.2) is 60.7 Å². The minimum atomic E-state index is -0.00185. The first-order valence-corrected chi connectivity index (χ1v) is 7.30. The second kappa shape index (κ2) is 5.98. The molecule has 0 fully saturated rings. The molecule has 3 aromatic carbocycles. The van der Waals surface area contributed by atoms with Crippen LogP contribution in [0, 0.1) is 0 Å². The lowest BCUT2D eigenvalue weighted by Crippen LogP contribution is -2.06. The first-order chi connectivity index (χ1) is 10.7. The second-order valence-electron chi connectivity index (χ2n) is 5.32. The number of phenolic OH excluding ortho intramolecular Hbond substituents is 1. The van der Waals surface area contributed by atoms with Crippen LogP contribution in [0.25, 0.3) is 10.8 Å². The van der Waals surface area contributed by atoms with Gasteiger partial charge >= 0.3 is 0 Å². The van der Waals surface area contributed by atoms with E-state index in [1.54, 1.807) is 7.11 Å². The minimum absolute atomic E-state index is 0.00185. The topological polar surface area (TPSA) is 41.5 Å². The predicted octanol–water partition coefficient (Wildman–Crippen LogP) is 4.73. The summed E-state index contributed by atoms with van der Waals surface area (Å²) in [5.41, 5.74) is 1.87. The average molecular weight is 293 g/mol. The number of ether oxygens (including phenoxy) is 1. The second-order valence-corrected chi connectivity index (χ2v) is 5.32. The van der Waals surface area contributed by atoms with Crippen LogP contribution in [0.4, 0.5) is 5.69 Å². The van der Waals surface area contributed by atoms with Crippen molar-refractivity contribution in [2.75, 3.05) is 12.4 Å². The SMILES string of the molecule is COc1ccc(NC(C)c2ccc3ccccc3c2O)cc1. The number of rotatable bonds is 4. The van der Waals surface area contributed by atoms with Gasteiger partial charge in [-0.15, -0.1) is 0 Å². The van der Waals surface area contributed by atoms with Gasteiger partial charge in [-0.2, -0.15) is 0 Å². The molecule has 3 nitrogen and oxygen atoms in total. The number of nitrogens with one attached hydrogen (secondary N) is 1. The Morgan fingerprint density at radius 2 is 1.68 bits per heavy atom. The van der Waals surface area contributed by atoms with Gasteiger partial charge in [0, 0.05) is 16.6 Å². The molecule has 0 bridgehead atoms. The molecule has 0 spiro atoms. The van der Waals surface area contributed by atoms with E-state index < -0.39 is 0 Å². The molecule has 0 amide bonds. The maximum Gasteiger partial charge on any atom is 0.128 e. The van der Waals surface area contributed by atoms with E-state index in [0.717, 1.165) is 27.8 Å². The van der Waals surface area contributed by atoms with Crippen molar-refractivity contribution in [3.8, 4) is 11.5 Å². The van der Waals surface area contributed by atoms with Crippen LogP contribution in [-0.2, 0) is 0 Å². The number of anilines is 1. The highest BCUT2D eigenvalue weighted by molar-refractivity contribution is 5.89. The summed E-state index contributed by atoms with van der Waals surface area (Å²) >= 11 is 0. The molecule has 3 aromatic rings. The molecule has 112 valence electrons. The van der Waals surface area contributed by atoms with E-state index >= 15 is 0 Å². The number of fused-ring (bicyclic) bond motifs is 1. The van der Waals surface area contributed by atoms with Gasteiger partial charge in [0.15, 0.2) is 0 Å². The Morgan fingerprint density at radius 3 is 2.41 bits per heavy atom. The molecule has 0 saturated heterocycles. The Kier molecular flexibility index (Phi) is 3.88. The molecule has 3 heteroatoms. The van der Waals surface area contributed by atoms with Crippen LogP contribution in [0.5, 0.6) is 11.5 Å². The van der Waals surface area contributed by atoms with Gasteiger partial charge in [0.2, 0.25) is 0 Å². The summed E-state index contributed by atoms with van der Waals surface area (Å²) in [6, 6.07) is 19.6. The van der Waals surface area contributed by atoms with Crippen molar-refractivity contribution < 1.29 is 9.84 Å². The number of hydrogen-bond donors (Lipinski definition) is 2. The molecule has 1 unspecified atom stereocenters. The van der Waals surface area contributed by atoms with Crippen molar-refractivity contribution in [1.29, 1.82) is 0 Å². The Labute approximate surface area is 130 Å². The van der Waals surface area contributed by atoms with Gasteiger partial charge < -0.3 is 15.2 Å². The molecule has 0 aromatic heterocycles. The molecule has 3 rings (SSSR count). The van der Waals surface area contributed by atoms with Crippen molar-refractivity contribution >= 4 is 16.5 Å². The number of methoxy groups -OCH3 is 1. The fraction of sp³-hybridized carbons (Fsp3) is 0.158. The van der Waals surface area contributed by atoms with Crippen molar-refractivity contribution in [1.82, 2.24) is 0 Å². The van der Waals surface area contributed by atoms with Crippen LogP contribution in [0.3, 0.4) is 0 Å². The Bertz CT molecular complexity index is 781. The van der Waals surface area contributed by atoms with E-state index in [9.17, 15) is 5.11 Å². The normalized spacial score (nSPS) is 12.1. The number of aromatic hydroxyl groups is 1. The third kappa shape index (κ3) is 2.70. The van der Waals surface area contributed by atoms with Crippen LogP contribution in [-0.4, -0.2) is 12.2 Å². The summed E-state index contributed by atoms with van der Waals surface area (Å²) in [5, 5.41) is 15.8. The summed E-state index contributed by atoms with van der Waals surface area (Å²) in [5.74, 6) is 1.17. The summed E-state index contributed by atoms with van der Waals surface area (Å²) < 4.78 is 5.16. The highest BCUT2D eigenvalue weighted by Crippen LogP contribution is 2.33. The molecule has 0 saturated carbocycles. The lowest BCUT2D eigenvalue weighted by molar-refractivity contribution is 0.415. The van der Waals surface area contributed by atoms with Gasteiger partial charge in [-0.05, 0) is 36.6 Å². The lowest BCUT2D eigenvalue weighted by Gasteiger charge is -2.18. The fourth-order valence-corrected chi connectivity index (χ4v) is 2.64. The van der Waals surface area contributed by atoms with Crippen molar-refractivity contribution in [3.63, 3.8) is 0 Å². The van der Waals surface area contributed by atoms with Gasteiger partial charge in [-0.1, -0.05) is 36.4 Å². The van der Waals surface area contributed by atoms with Gasteiger partial charge in [0.25, 0.3) is 0 Å². The molecular formula is C19H19NO2. The molecule has 0 aliphatic carbocycles. The van der Waals surface area contributed by atoms with E-state index in [4.69, 9.17) is 4.74 Å². The smallest absolute Gasteiger partial charge is 0.128 e. The maximum absolute atomic E-state index is 10.5. The molecule has 0 heterocycles. The van der Waals surface area contributed by atoms with E-state index in [1.807, 2.05) is 67.6 Å². The molecule has 0 aliphatic rings. The summed E-state index contributed by atoms with van der Waals surface area (Å²) in [6.07, 6.45) is 0. The van der Waals surface area contributed by atoms with Crippen LogP contribution in [0.1, 0.15) is 18.5 Å². The highest BCUT2D eigenvalue weighted by Gasteiger charge is 2.12. The first kappa shape index (κ1) is 14.3. The molecule has 2 N–H and O–H groups in total. The Hall–Kier alpha value is -2.68.